The predicted molar refractivity (Wildman–Crippen MR) is 86.6 cm³/mol. The molecule has 0 saturated heterocycles. The Morgan fingerprint density at radius 1 is 1.21 bits per heavy atom. The maximum Gasteiger partial charge on any atom is 0.331 e. The number of hydrogen-bond acceptors (Lipinski definition) is 4. The van der Waals surface area contributed by atoms with Crippen molar-refractivity contribution in [2.45, 2.75) is 19.4 Å². The lowest BCUT2D eigenvalue weighted by atomic mass is 10.1. The lowest BCUT2D eigenvalue weighted by Crippen LogP contribution is -2.36. The van der Waals surface area contributed by atoms with Crippen molar-refractivity contribution in [1.82, 2.24) is 15.1 Å². The molecule has 0 saturated carbocycles. The molecule has 1 aromatic carbocycles. The Bertz CT molecular complexity index is 752. The number of aliphatic carboxylic acids is 1. The number of nitrogens with one attached hydrogen (secondary N) is 2. The number of amides is 2. The van der Waals surface area contributed by atoms with Gasteiger partial charge in [0.25, 0.3) is 5.91 Å². The first-order valence-corrected chi connectivity index (χ1v) is 7.22. The lowest BCUT2D eigenvalue weighted by molar-refractivity contribution is -0.146. The molecule has 0 aliphatic heterocycles. The number of anilines is 1. The molecule has 0 aliphatic rings. The monoisotopic (exact) mass is 330 g/mol. The van der Waals surface area contributed by atoms with Crippen molar-refractivity contribution < 1.29 is 19.5 Å². The van der Waals surface area contributed by atoms with Gasteiger partial charge in [0, 0.05) is 11.8 Å². The number of carbonyl (C=O) groups is 3. The highest BCUT2D eigenvalue weighted by Crippen LogP contribution is 2.17. The zero-order valence-corrected chi connectivity index (χ0v) is 13.3. The normalized spacial score (nSPS) is 10.9. The van der Waals surface area contributed by atoms with E-state index in [1.54, 1.807) is 30.3 Å². The Balaban J connectivity index is 1.90. The summed E-state index contributed by atoms with van der Waals surface area (Å²) in [5, 5.41) is 18.1. The maximum absolute atomic E-state index is 11.9. The van der Waals surface area contributed by atoms with Crippen LogP contribution in [0.4, 0.5) is 5.69 Å². The highest BCUT2D eigenvalue weighted by molar-refractivity contribution is 5.99. The van der Waals surface area contributed by atoms with E-state index in [-0.39, 0.29) is 12.5 Å². The van der Waals surface area contributed by atoms with Gasteiger partial charge in [-0.15, -0.1) is 0 Å². The third-order valence-corrected chi connectivity index (χ3v) is 3.41. The fraction of sp³-hybridized carbons (Fsp3) is 0.250. The van der Waals surface area contributed by atoms with E-state index in [9.17, 15) is 14.4 Å². The number of benzene rings is 1. The van der Waals surface area contributed by atoms with Crippen LogP contribution in [0.3, 0.4) is 0 Å². The molecule has 8 heteroatoms. The molecule has 24 heavy (non-hydrogen) atoms. The summed E-state index contributed by atoms with van der Waals surface area (Å²) in [5.41, 5.74) is -0.422. The summed E-state index contributed by atoms with van der Waals surface area (Å²) < 4.78 is 1.24. The molecule has 2 amide bonds. The van der Waals surface area contributed by atoms with Crippen LogP contribution in [0, 0.1) is 0 Å². The molecule has 0 unspecified atom stereocenters. The van der Waals surface area contributed by atoms with E-state index in [1.165, 1.54) is 30.9 Å². The smallest absolute Gasteiger partial charge is 0.331 e. The minimum atomic E-state index is -1.23. The number of carboxylic acid groups (broad SMARTS) is 1. The lowest BCUT2D eigenvalue weighted by Gasteiger charge is -2.19. The van der Waals surface area contributed by atoms with Gasteiger partial charge in [-0.25, -0.2) is 4.79 Å². The van der Waals surface area contributed by atoms with Crippen LogP contribution in [0.1, 0.15) is 24.2 Å². The molecule has 0 spiro atoms. The number of nitrogens with zero attached hydrogens (tertiary/aromatic N) is 2. The quantitative estimate of drug-likeness (QED) is 0.733. The van der Waals surface area contributed by atoms with Crippen LogP contribution in [0.15, 0.2) is 42.7 Å². The van der Waals surface area contributed by atoms with E-state index >= 15 is 0 Å². The van der Waals surface area contributed by atoms with E-state index in [0.29, 0.717) is 11.3 Å². The molecule has 1 aromatic heterocycles. The van der Waals surface area contributed by atoms with Crippen LogP contribution in [0.25, 0.3) is 0 Å². The molecular formula is C16H18N4O4. The fourth-order valence-electron chi connectivity index (χ4n) is 1.85. The van der Waals surface area contributed by atoms with Crippen LogP contribution in [0.5, 0.6) is 0 Å². The first kappa shape index (κ1) is 17.2. The third-order valence-electron chi connectivity index (χ3n) is 3.41. The van der Waals surface area contributed by atoms with E-state index < -0.39 is 17.4 Å². The molecular weight excluding hydrogens is 312 g/mol. The van der Waals surface area contributed by atoms with Gasteiger partial charge in [-0.2, -0.15) is 5.10 Å². The molecule has 0 fully saturated rings. The molecule has 126 valence electrons. The topological polar surface area (TPSA) is 113 Å². The van der Waals surface area contributed by atoms with Gasteiger partial charge in [0.15, 0.2) is 5.54 Å². The van der Waals surface area contributed by atoms with Gasteiger partial charge in [0.05, 0.1) is 18.4 Å². The number of carboxylic acids is 1. The van der Waals surface area contributed by atoms with Crippen LogP contribution in [-0.2, 0) is 15.1 Å². The summed E-state index contributed by atoms with van der Waals surface area (Å²) in [5.74, 6) is -1.83. The van der Waals surface area contributed by atoms with E-state index in [2.05, 4.69) is 15.7 Å². The Morgan fingerprint density at radius 2 is 1.88 bits per heavy atom. The maximum atomic E-state index is 11.9. The van der Waals surface area contributed by atoms with E-state index in [1.807, 2.05) is 0 Å². The molecule has 0 bridgehead atoms. The highest BCUT2D eigenvalue weighted by atomic mass is 16.4. The summed E-state index contributed by atoms with van der Waals surface area (Å²) >= 11 is 0. The van der Waals surface area contributed by atoms with Gasteiger partial charge < -0.3 is 15.7 Å². The zero-order chi connectivity index (χ0) is 17.7. The van der Waals surface area contributed by atoms with Gasteiger partial charge >= 0.3 is 5.97 Å². The Labute approximate surface area is 138 Å². The Morgan fingerprint density at radius 3 is 2.50 bits per heavy atom. The number of hydrogen-bond donors (Lipinski definition) is 3. The summed E-state index contributed by atoms with van der Waals surface area (Å²) in [7, 11) is 0. The van der Waals surface area contributed by atoms with Crippen molar-refractivity contribution in [3.8, 4) is 0 Å². The van der Waals surface area contributed by atoms with Crippen LogP contribution in [-0.4, -0.2) is 39.2 Å². The van der Waals surface area contributed by atoms with Crippen molar-refractivity contribution in [3.63, 3.8) is 0 Å². The number of aromatic nitrogens is 2. The van der Waals surface area contributed by atoms with Gasteiger partial charge in [-0.05, 0) is 26.0 Å². The summed E-state index contributed by atoms with van der Waals surface area (Å²) in [6.45, 7) is 2.78. The molecule has 2 rings (SSSR count). The SMILES string of the molecule is CC(C)(C(=O)O)n1cc(NC(=O)CNC(=O)c2ccccc2)cn1. The van der Waals surface area contributed by atoms with Crippen molar-refractivity contribution in [3.05, 3.63) is 48.3 Å². The minimum absolute atomic E-state index is 0.207. The minimum Gasteiger partial charge on any atom is -0.479 e. The average molecular weight is 330 g/mol. The fourth-order valence-corrected chi connectivity index (χ4v) is 1.85. The zero-order valence-electron chi connectivity index (χ0n) is 13.3. The molecule has 3 N–H and O–H groups in total. The third kappa shape index (κ3) is 3.97. The van der Waals surface area contributed by atoms with E-state index in [4.69, 9.17) is 5.11 Å². The molecule has 0 radical (unpaired) electrons. The molecule has 2 aromatic rings. The predicted octanol–water partition coefficient (Wildman–Crippen LogP) is 1.07. The van der Waals surface area contributed by atoms with Crippen LogP contribution < -0.4 is 10.6 Å². The number of carbonyl (C=O) groups excluding carboxylic acids is 2. The second-order valence-corrected chi connectivity index (χ2v) is 5.63. The first-order chi connectivity index (χ1) is 11.3. The molecule has 0 aliphatic carbocycles. The number of rotatable bonds is 6. The molecule has 1 heterocycles. The average Bonchev–Trinajstić information content (AvgIpc) is 3.02. The van der Waals surface area contributed by atoms with Crippen molar-refractivity contribution in [2.75, 3.05) is 11.9 Å². The van der Waals surface area contributed by atoms with E-state index in [0.717, 1.165) is 0 Å². The molecule has 0 atom stereocenters. The summed E-state index contributed by atoms with van der Waals surface area (Å²) in [6, 6.07) is 8.54. The summed E-state index contributed by atoms with van der Waals surface area (Å²) in [6.07, 6.45) is 2.77. The van der Waals surface area contributed by atoms with Gasteiger partial charge in [-0.1, -0.05) is 18.2 Å². The van der Waals surface area contributed by atoms with Crippen LogP contribution >= 0.6 is 0 Å². The largest absolute Gasteiger partial charge is 0.479 e. The van der Waals surface area contributed by atoms with Crippen molar-refractivity contribution >= 4 is 23.5 Å². The Kier molecular flexibility index (Phi) is 4.98. The first-order valence-electron chi connectivity index (χ1n) is 7.22. The van der Waals surface area contributed by atoms with Gasteiger partial charge in [0.1, 0.15) is 0 Å². The van der Waals surface area contributed by atoms with Crippen LogP contribution in [0.2, 0.25) is 0 Å². The Hall–Kier alpha value is -3.16. The standard InChI is InChI=1S/C16H18N4O4/c1-16(2,15(23)24)20-10-12(8-18-20)19-13(21)9-17-14(22)11-6-4-3-5-7-11/h3-8,10H,9H2,1-2H3,(H,17,22)(H,19,21)(H,23,24). The second kappa shape index (κ2) is 6.95. The summed E-state index contributed by atoms with van der Waals surface area (Å²) in [4.78, 5) is 34.9. The van der Waals surface area contributed by atoms with Crippen molar-refractivity contribution in [2.24, 2.45) is 0 Å². The van der Waals surface area contributed by atoms with Gasteiger partial charge in [0.2, 0.25) is 5.91 Å². The van der Waals surface area contributed by atoms with Gasteiger partial charge in [-0.3, -0.25) is 14.3 Å². The van der Waals surface area contributed by atoms with Crippen molar-refractivity contribution in [1.29, 1.82) is 0 Å². The molecule has 8 nitrogen and oxygen atoms in total. The second-order valence-electron chi connectivity index (χ2n) is 5.63. The highest BCUT2D eigenvalue weighted by Gasteiger charge is 2.30.